The number of rotatable bonds is 5. The molecule has 2 aromatic carbocycles. The smallest absolute Gasteiger partial charge is 0.264 e. The molecule has 0 N–H and O–H groups in total. The first kappa shape index (κ1) is 18.0. The molecule has 0 aliphatic carbocycles. The SMILES string of the molecule is CCN(c1ccc(F)c(Cl)c1)S(=O)(=O)c1ccc(OC)c(Br)c1. The Morgan fingerprint density at radius 1 is 1.26 bits per heavy atom. The summed E-state index contributed by atoms with van der Waals surface area (Å²) in [7, 11) is -2.32. The van der Waals surface area contributed by atoms with Gasteiger partial charge in [-0.2, -0.15) is 0 Å². The standard InChI is InChI=1S/C15H14BrClFNO3S/c1-3-19(10-4-6-14(18)13(17)8-10)23(20,21)11-5-7-15(22-2)12(16)9-11/h4-9H,3H2,1-2H3. The van der Waals surface area contributed by atoms with Crippen molar-refractivity contribution < 1.29 is 17.5 Å². The van der Waals surface area contributed by atoms with Gasteiger partial charge in [-0.3, -0.25) is 4.31 Å². The zero-order chi connectivity index (χ0) is 17.2. The summed E-state index contributed by atoms with van der Waals surface area (Å²) in [6.07, 6.45) is 0. The normalized spacial score (nSPS) is 11.3. The van der Waals surface area contributed by atoms with E-state index in [-0.39, 0.29) is 16.5 Å². The quantitative estimate of drug-likeness (QED) is 0.714. The van der Waals surface area contributed by atoms with Crippen LogP contribution >= 0.6 is 27.5 Å². The fraction of sp³-hybridized carbons (Fsp3) is 0.200. The molecule has 124 valence electrons. The van der Waals surface area contributed by atoms with Crippen LogP contribution in [0.25, 0.3) is 0 Å². The Labute approximate surface area is 148 Å². The molecular weight excluding hydrogens is 409 g/mol. The second kappa shape index (κ2) is 7.07. The summed E-state index contributed by atoms with van der Waals surface area (Å²) in [6.45, 7) is 1.86. The zero-order valence-electron chi connectivity index (χ0n) is 12.4. The molecule has 0 heterocycles. The Morgan fingerprint density at radius 3 is 2.48 bits per heavy atom. The third kappa shape index (κ3) is 3.62. The lowest BCUT2D eigenvalue weighted by molar-refractivity contribution is 0.411. The van der Waals surface area contributed by atoms with E-state index >= 15 is 0 Å². The molecule has 0 saturated carbocycles. The number of benzene rings is 2. The number of nitrogens with zero attached hydrogens (tertiary/aromatic N) is 1. The molecule has 8 heteroatoms. The number of hydrogen-bond acceptors (Lipinski definition) is 3. The van der Waals surface area contributed by atoms with E-state index in [1.54, 1.807) is 13.0 Å². The third-order valence-electron chi connectivity index (χ3n) is 3.19. The Kier molecular flexibility index (Phi) is 5.54. The molecule has 0 radical (unpaired) electrons. The highest BCUT2D eigenvalue weighted by Gasteiger charge is 2.25. The molecule has 0 unspecified atom stereocenters. The lowest BCUT2D eigenvalue weighted by Gasteiger charge is -2.23. The molecule has 0 amide bonds. The van der Waals surface area contributed by atoms with Gasteiger partial charge >= 0.3 is 0 Å². The minimum atomic E-state index is -3.81. The Hall–Kier alpha value is -1.31. The maximum absolute atomic E-state index is 13.3. The summed E-state index contributed by atoms with van der Waals surface area (Å²) in [5.41, 5.74) is 0.297. The lowest BCUT2D eigenvalue weighted by atomic mass is 10.3. The van der Waals surface area contributed by atoms with Gasteiger partial charge in [0, 0.05) is 6.54 Å². The number of sulfonamides is 1. The van der Waals surface area contributed by atoms with Crippen molar-refractivity contribution in [1.82, 2.24) is 0 Å². The zero-order valence-corrected chi connectivity index (χ0v) is 15.5. The molecule has 0 saturated heterocycles. The molecule has 2 rings (SSSR count). The number of halogens is 3. The maximum atomic E-state index is 13.3. The van der Waals surface area contributed by atoms with Crippen LogP contribution in [0.2, 0.25) is 5.02 Å². The minimum Gasteiger partial charge on any atom is -0.496 e. The van der Waals surface area contributed by atoms with E-state index in [9.17, 15) is 12.8 Å². The molecule has 2 aromatic rings. The fourth-order valence-corrected chi connectivity index (χ4v) is 4.43. The van der Waals surface area contributed by atoms with E-state index in [2.05, 4.69) is 15.9 Å². The van der Waals surface area contributed by atoms with Crippen LogP contribution in [0.15, 0.2) is 45.8 Å². The van der Waals surface area contributed by atoms with Crippen LogP contribution in [0.1, 0.15) is 6.92 Å². The summed E-state index contributed by atoms with van der Waals surface area (Å²) in [6, 6.07) is 8.27. The van der Waals surface area contributed by atoms with E-state index < -0.39 is 15.8 Å². The fourth-order valence-electron chi connectivity index (χ4n) is 2.07. The van der Waals surface area contributed by atoms with Crippen LogP contribution in [0.4, 0.5) is 10.1 Å². The number of hydrogen-bond donors (Lipinski definition) is 0. The van der Waals surface area contributed by atoms with Gasteiger partial charge < -0.3 is 4.74 Å². The van der Waals surface area contributed by atoms with Crippen molar-refractivity contribution in [3.8, 4) is 5.75 Å². The highest BCUT2D eigenvalue weighted by molar-refractivity contribution is 9.10. The van der Waals surface area contributed by atoms with E-state index in [1.807, 2.05) is 0 Å². The molecule has 0 atom stereocenters. The Bertz CT molecular complexity index is 829. The van der Waals surface area contributed by atoms with Crippen molar-refractivity contribution in [1.29, 1.82) is 0 Å². The summed E-state index contributed by atoms with van der Waals surface area (Å²) < 4.78 is 45.8. The predicted octanol–water partition coefficient (Wildman–Crippen LogP) is 4.47. The molecule has 0 spiro atoms. The number of anilines is 1. The molecule has 23 heavy (non-hydrogen) atoms. The number of ether oxygens (including phenoxy) is 1. The van der Waals surface area contributed by atoms with Crippen LogP contribution in [0, 0.1) is 5.82 Å². The third-order valence-corrected chi connectivity index (χ3v) is 6.00. The van der Waals surface area contributed by atoms with Crippen molar-refractivity contribution >= 4 is 43.2 Å². The predicted molar refractivity (Wildman–Crippen MR) is 92.3 cm³/mol. The molecular formula is C15H14BrClFNO3S. The Balaban J connectivity index is 2.50. The van der Waals surface area contributed by atoms with Crippen LogP contribution in [-0.2, 0) is 10.0 Å². The minimum absolute atomic E-state index is 0.0903. The van der Waals surface area contributed by atoms with Crippen molar-refractivity contribution in [3.05, 3.63) is 51.7 Å². The van der Waals surface area contributed by atoms with Crippen LogP contribution in [0.5, 0.6) is 5.75 Å². The van der Waals surface area contributed by atoms with Gasteiger partial charge in [-0.15, -0.1) is 0 Å². The van der Waals surface area contributed by atoms with Gasteiger partial charge in [0.05, 0.1) is 27.2 Å². The molecule has 4 nitrogen and oxygen atoms in total. The topological polar surface area (TPSA) is 46.6 Å². The molecule has 0 bridgehead atoms. The number of methoxy groups -OCH3 is 1. The average molecular weight is 423 g/mol. The summed E-state index contributed by atoms with van der Waals surface area (Å²) >= 11 is 9.02. The summed E-state index contributed by atoms with van der Waals surface area (Å²) in [5, 5.41) is -0.132. The Morgan fingerprint density at radius 2 is 1.96 bits per heavy atom. The van der Waals surface area contributed by atoms with Crippen molar-refractivity contribution in [2.24, 2.45) is 0 Å². The second-order valence-electron chi connectivity index (χ2n) is 4.56. The largest absolute Gasteiger partial charge is 0.496 e. The molecule has 0 aromatic heterocycles. The summed E-state index contributed by atoms with van der Waals surface area (Å²) in [4.78, 5) is 0.0903. The first-order valence-electron chi connectivity index (χ1n) is 6.62. The van der Waals surface area contributed by atoms with Gasteiger partial charge in [0.15, 0.2) is 0 Å². The van der Waals surface area contributed by atoms with Gasteiger partial charge in [-0.25, -0.2) is 12.8 Å². The molecule has 0 aliphatic rings. The first-order valence-corrected chi connectivity index (χ1v) is 9.23. The van der Waals surface area contributed by atoms with Crippen molar-refractivity contribution in [2.45, 2.75) is 11.8 Å². The highest BCUT2D eigenvalue weighted by atomic mass is 79.9. The van der Waals surface area contributed by atoms with E-state index in [0.717, 1.165) is 10.4 Å². The molecule has 0 fully saturated rings. The van der Waals surface area contributed by atoms with Crippen molar-refractivity contribution in [3.63, 3.8) is 0 Å². The van der Waals surface area contributed by atoms with Crippen molar-refractivity contribution in [2.75, 3.05) is 18.0 Å². The maximum Gasteiger partial charge on any atom is 0.264 e. The van der Waals surface area contributed by atoms with E-state index in [0.29, 0.717) is 15.9 Å². The molecule has 0 aliphatic heterocycles. The van der Waals surface area contributed by atoms with Crippen LogP contribution in [-0.4, -0.2) is 22.1 Å². The van der Waals surface area contributed by atoms with Crippen LogP contribution in [0.3, 0.4) is 0 Å². The van der Waals surface area contributed by atoms with Gasteiger partial charge in [0.2, 0.25) is 0 Å². The van der Waals surface area contributed by atoms with Gasteiger partial charge in [-0.1, -0.05) is 11.6 Å². The summed E-state index contributed by atoms with van der Waals surface area (Å²) in [5.74, 6) is -0.0760. The van der Waals surface area contributed by atoms with Gasteiger partial charge in [-0.05, 0) is 59.3 Å². The van der Waals surface area contributed by atoms with Crippen LogP contribution < -0.4 is 9.04 Å². The average Bonchev–Trinajstić information content (AvgIpc) is 2.51. The second-order valence-corrected chi connectivity index (χ2v) is 7.69. The van der Waals surface area contributed by atoms with E-state index in [1.165, 1.54) is 31.4 Å². The lowest BCUT2D eigenvalue weighted by Crippen LogP contribution is -2.30. The highest BCUT2D eigenvalue weighted by Crippen LogP contribution is 2.31. The van der Waals surface area contributed by atoms with Gasteiger partial charge in [0.1, 0.15) is 11.6 Å². The van der Waals surface area contributed by atoms with Gasteiger partial charge in [0.25, 0.3) is 10.0 Å². The van der Waals surface area contributed by atoms with E-state index in [4.69, 9.17) is 16.3 Å². The first-order chi connectivity index (χ1) is 10.8. The monoisotopic (exact) mass is 421 g/mol.